The van der Waals surface area contributed by atoms with E-state index in [9.17, 15) is 4.79 Å². The third kappa shape index (κ3) is 5.02. The van der Waals surface area contributed by atoms with Crippen LogP contribution in [0.2, 0.25) is 0 Å². The Hall–Kier alpha value is -2.17. The molecule has 21 heavy (non-hydrogen) atoms. The average molecular weight is 294 g/mol. The molecule has 116 valence electrons. The molecule has 0 heterocycles. The molecule has 5 heteroatoms. The summed E-state index contributed by atoms with van der Waals surface area (Å²) in [6.07, 6.45) is 4.89. The van der Waals surface area contributed by atoms with Crippen LogP contribution in [0.4, 0.5) is 0 Å². The Morgan fingerprint density at radius 2 is 1.71 bits per heavy atom. The summed E-state index contributed by atoms with van der Waals surface area (Å²) in [6.45, 7) is 2.48. The molecular formula is C16H22O5. The normalized spacial score (nSPS) is 10.5. The molecule has 0 aliphatic rings. The molecule has 0 aliphatic carbocycles. The van der Waals surface area contributed by atoms with Gasteiger partial charge in [0.2, 0.25) is 5.75 Å². The topological polar surface area (TPSA) is 54.0 Å². The van der Waals surface area contributed by atoms with E-state index in [0.29, 0.717) is 23.9 Å². The molecule has 1 rings (SSSR count). The molecule has 0 aliphatic heterocycles. The Morgan fingerprint density at radius 3 is 2.19 bits per heavy atom. The molecule has 0 spiro atoms. The number of ether oxygens (including phenoxy) is 4. The lowest BCUT2D eigenvalue weighted by atomic mass is 10.1. The van der Waals surface area contributed by atoms with Crippen molar-refractivity contribution in [2.45, 2.75) is 19.8 Å². The van der Waals surface area contributed by atoms with Crippen molar-refractivity contribution in [3.05, 3.63) is 23.8 Å². The molecule has 0 N–H and O–H groups in total. The first kappa shape index (κ1) is 16.9. The molecule has 0 atom stereocenters. The van der Waals surface area contributed by atoms with Gasteiger partial charge in [0.05, 0.1) is 27.9 Å². The molecule has 1 aromatic rings. The van der Waals surface area contributed by atoms with Gasteiger partial charge in [0.1, 0.15) is 0 Å². The number of rotatable bonds is 8. The second-order valence-corrected chi connectivity index (χ2v) is 4.31. The highest BCUT2D eigenvalue weighted by molar-refractivity contribution is 5.87. The van der Waals surface area contributed by atoms with Gasteiger partial charge in [0, 0.05) is 6.08 Å². The van der Waals surface area contributed by atoms with Crippen molar-refractivity contribution < 1.29 is 23.7 Å². The van der Waals surface area contributed by atoms with E-state index in [4.69, 9.17) is 18.9 Å². The minimum atomic E-state index is -0.364. The number of esters is 1. The molecule has 0 saturated carbocycles. The van der Waals surface area contributed by atoms with Gasteiger partial charge in [-0.1, -0.05) is 13.3 Å². The van der Waals surface area contributed by atoms with Crippen LogP contribution in [0.3, 0.4) is 0 Å². The lowest BCUT2D eigenvalue weighted by Gasteiger charge is -2.12. The fourth-order valence-electron chi connectivity index (χ4n) is 1.73. The number of benzene rings is 1. The van der Waals surface area contributed by atoms with E-state index in [-0.39, 0.29) is 5.97 Å². The van der Waals surface area contributed by atoms with Crippen LogP contribution >= 0.6 is 0 Å². The number of methoxy groups -OCH3 is 3. The van der Waals surface area contributed by atoms with Gasteiger partial charge in [-0.25, -0.2) is 4.79 Å². The first-order chi connectivity index (χ1) is 10.2. The van der Waals surface area contributed by atoms with E-state index in [1.165, 1.54) is 6.08 Å². The van der Waals surface area contributed by atoms with Crippen molar-refractivity contribution in [3.8, 4) is 17.2 Å². The molecule has 0 saturated heterocycles. The Bertz CT molecular complexity index is 468. The van der Waals surface area contributed by atoms with Gasteiger partial charge in [-0.15, -0.1) is 0 Å². The summed E-state index contributed by atoms with van der Waals surface area (Å²) in [5.41, 5.74) is 0.761. The van der Waals surface area contributed by atoms with Gasteiger partial charge < -0.3 is 18.9 Å². The molecule has 0 bridgehead atoms. The largest absolute Gasteiger partial charge is 0.493 e. The highest BCUT2D eigenvalue weighted by Crippen LogP contribution is 2.38. The first-order valence-corrected chi connectivity index (χ1v) is 6.81. The van der Waals surface area contributed by atoms with E-state index in [1.54, 1.807) is 39.5 Å². The lowest BCUT2D eigenvalue weighted by molar-refractivity contribution is -0.137. The zero-order valence-corrected chi connectivity index (χ0v) is 13.0. The minimum Gasteiger partial charge on any atom is -0.493 e. The summed E-state index contributed by atoms with van der Waals surface area (Å²) in [5, 5.41) is 0. The maximum absolute atomic E-state index is 11.5. The molecule has 0 amide bonds. The first-order valence-electron chi connectivity index (χ1n) is 6.81. The summed E-state index contributed by atoms with van der Waals surface area (Å²) in [4.78, 5) is 11.5. The second kappa shape index (κ2) is 8.89. The van der Waals surface area contributed by atoms with E-state index in [0.717, 1.165) is 18.4 Å². The van der Waals surface area contributed by atoms with E-state index < -0.39 is 0 Å². The third-order valence-corrected chi connectivity index (χ3v) is 2.84. The monoisotopic (exact) mass is 294 g/mol. The smallest absolute Gasteiger partial charge is 0.330 e. The fraction of sp³-hybridized carbons (Fsp3) is 0.438. The molecule has 5 nitrogen and oxygen atoms in total. The molecule has 0 unspecified atom stereocenters. The van der Waals surface area contributed by atoms with Crippen LogP contribution in [-0.2, 0) is 9.53 Å². The Morgan fingerprint density at radius 1 is 1.10 bits per heavy atom. The summed E-state index contributed by atoms with van der Waals surface area (Å²) in [7, 11) is 4.63. The standard InChI is InChI=1S/C16H22O5/c1-5-6-9-21-15(17)8-7-12-10-13(18-2)16(20-4)14(11-12)19-3/h7-8,10-11H,5-6,9H2,1-4H3. The van der Waals surface area contributed by atoms with Crippen LogP contribution in [-0.4, -0.2) is 33.9 Å². The van der Waals surface area contributed by atoms with Gasteiger partial charge in [0.25, 0.3) is 0 Å². The van der Waals surface area contributed by atoms with Crippen molar-refractivity contribution in [1.82, 2.24) is 0 Å². The summed E-state index contributed by atoms with van der Waals surface area (Å²) >= 11 is 0. The number of carbonyl (C=O) groups is 1. The van der Waals surface area contributed by atoms with Crippen LogP contribution in [0.5, 0.6) is 17.2 Å². The van der Waals surface area contributed by atoms with Gasteiger partial charge >= 0.3 is 5.97 Å². The molecule has 0 radical (unpaired) electrons. The lowest BCUT2D eigenvalue weighted by Crippen LogP contribution is -2.01. The molecular weight excluding hydrogens is 272 g/mol. The van der Waals surface area contributed by atoms with E-state index in [2.05, 4.69) is 0 Å². The van der Waals surface area contributed by atoms with E-state index >= 15 is 0 Å². The highest BCUT2D eigenvalue weighted by atomic mass is 16.5. The fourth-order valence-corrected chi connectivity index (χ4v) is 1.73. The highest BCUT2D eigenvalue weighted by Gasteiger charge is 2.12. The quantitative estimate of drug-likeness (QED) is 0.419. The zero-order chi connectivity index (χ0) is 15.7. The van der Waals surface area contributed by atoms with Crippen molar-refractivity contribution in [2.24, 2.45) is 0 Å². The zero-order valence-electron chi connectivity index (χ0n) is 13.0. The molecule has 1 aromatic carbocycles. The van der Waals surface area contributed by atoms with Crippen LogP contribution in [0.1, 0.15) is 25.3 Å². The number of carbonyl (C=O) groups excluding carboxylic acids is 1. The predicted molar refractivity (Wildman–Crippen MR) is 81.0 cm³/mol. The predicted octanol–water partition coefficient (Wildman–Crippen LogP) is 3.07. The number of hydrogen-bond acceptors (Lipinski definition) is 5. The van der Waals surface area contributed by atoms with Gasteiger partial charge in [-0.05, 0) is 30.2 Å². The van der Waals surface area contributed by atoms with Gasteiger partial charge in [-0.2, -0.15) is 0 Å². The molecule has 0 fully saturated rings. The van der Waals surface area contributed by atoms with Crippen LogP contribution in [0, 0.1) is 0 Å². The Kier molecular flexibility index (Phi) is 7.15. The second-order valence-electron chi connectivity index (χ2n) is 4.31. The van der Waals surface area contributed by atoms with Crippen LogP contribution in [0.15, 0.2) is 18.2 Å². The van der Waals surface area contributed by atoms with Gasteiger partial charge in [-0.3, -0.25) is 0 Å². The Balaban J connectivity index is 2.86. The number of unbranched alkanes of at least 4 members (excludes halogenated alkanes) is 1. The maximum atomic E-state index is 11.5. The van der Waals surface area contributed by atoms with Crippen LogP contribution in [0.25, 0.3) is 6.08 Å². The number of hydrogen-bond donors (Lipinski definition) is 0. The Labute approximate surface area is 125 Å². The van der Waals surface area contributed by atoms with E-state index in [1.807, 2.05) is 6.92 Å². The molecule has 0 aromatic heterocycles. The maximum Gasteiger partial charge on any atom is 0.330 e. The SMILES string of the molecule is CCCCOC(=O)C=Cc1cc(OC)c(OC)c(OC)c1. The summed E-state index contributed by atoms with van der Waals surface area (Å²) in [5.74, 6) is 1.23. The van der Waals surface area contributed by atoms with Crippen LogP contribution < -0.4 is 14.2 Å². The van der Waals surface area contributed by atoms with Gasteiger partial charge in [0.15, 0.2) is 11.5 Å². The summed E-state index contributed by atoms with van der Waals surface area (Å²) in [6, 6.07) is 3.52. The van der Waals surface area contributed by atoms with Crippen molar-refractivity contribution in [2.75, 3.05) is 27.9 Å². The van der Waals surface area contributed by atoms with Crippen molar-refractivity contribution >= 4 is 12.0 Å². The van der Waals surface area contributed by atoms with Crippen molar-refractivity contribution in [1.29, 1.82) is 0 Å². The minimum absolute atomic E-state index is 0.364. The van der Waals surface area contributed by atoms with Crippen molar-refractivity contribution in [3.63, 3.8) is 0 Å². The third-order valence-electron chi connectivity index (χ3n) is 2.84. The average Bonchev–Trinajstić information content (AvgIpc) is 2.51. The summed E-state index contributed by atoms with van der Waals surface area (Å²) < 4.78 is 20.8.